The molecular formula is C27H23F2N3O3. The lowest BCUT2D eigenvalue weighted by Crippen LogP contribution is -2.34. The molecule has 8 heteroatoms. The van der Waals surface area contributed by atoms with Crippen LogP contribution in [0.5, 0.6) is 5.75 Å². The van der Waals surface area contributed by atoms with E-state index in [2.05, 4.69) is 10.4 Å². The third-order valence-corrected chi connectivity index (χ3v) is 6.86. The molecular weight excluding hydrogens is 452 g/mol. The maximum absolute atomic E-state index is 14.7. The van der Waals surface area contributed by atoms with Gasteiger partial charge in [0.2, 0.25) is 0 Å². The fraction of sp³-hybridized carbons (Fsp3) is 0.259. The van der Waals surface area contributed by atoms with Crippen molar-refractivity contribution in [3.63, 3.8) is 0 Å². The second-order valence-corrected chi connectivity index (χ2v) is 9.18. The summed E-state index contributed by atoms with van der Waals surface area (Å²) in [5.41, 5.74) is 1.23. The van der Waals surface area contributed by atoms with Gasteiger partial charge < -0.3 is 15.2 Å². The third kappa shape index (κ3) is 3.47. The summed E-state index contributed by atoms with van der Waals surface area (Å²) in [5.74, 6) is -1.01. The zero-order chi connectivity index (χ0) is 24.3. The highest BCUT2D eigenvalue weighted by Gasteiger charge is 2.47. The number of carbonyl (C=O) groups excluding carboxylic acids is 1. The van der Waals surface area contributed by atoms with Gasteiger partial charge in [-0.2, -0.15) is 5.10 Å². The van der Waals surface area contributed by atoms with E-state index < -0.39 is 17.2 Å². The minimum Gasteiger partial charge on any atom is -0.493 e. The average Bonchev–Trinajstić information content (AvgIpc) is 3.50. The molecule has 2 aromatic heterocycles. The molecule has 35 heavy (non-hydrogen) atoms. The van der Waals surface area contributed by atoms with E-state index >= 15 is 0 Å². The van der Waals surface area contributed by atoms with Crippen LogP contribution in [0.1, 0.15) is 52.6 Å². The number of fused-ring (bicyclic) bond motifs is 2. The highest BCUT2D eigenvalue weighted by Crippen LogP contribution is 2.47. The number of nitrogens with one attached hydrogen (secondary N) is 1. The lowest BCUT2D eigenvalue weighted by Gasteiger charge is -2.27. The lowest BCUT2D eigenvalue weighted by molar-refractivity contribution is 0.0908. The van der Waals surface area contributed by atoms with Crippen molar-refractivity contribution >= 4 is 11.4 Å². The number of halogens is 2. The van der Waals surface area contributed by atoms with Gasteiger partial charge in [0.25, 0.3) is 5.91 Å². The Morgan fingerprint density at radius 2 is 1.83 bits per heavy atom. The van der Waals surface area contributed by atoms with E-state index in [1.165, 1.54) is 22.7 Å². The topological polar surface area (TPSA) is 75.9 Å². The smallest absolute Gasteiger partial charge is 0.253 e. The molecule has 1 amide bonds. The number of carbonyl (C=O) groups is 1. The Hall–Kier alpha value is -3.78. The zero-order valence-electron chi connectivity index (χ0n) is 19.0. The first-order valence-corrected chi connectivity index (χ1v) is 11.6. The van der Waals surface area contributed by atoms with Crippen LogP contribution >= 0.6 is 0 Å². The van der Waals surface area contributed by atoms with E-state index in [0.29, 0.717) is 48.3 Å². The Morgan fingerprint density at radius 3 is 2.57 bits per heavy atom. The van der Waals surface area contributed by atoms with Crippen molar-refractivity contribution < 1.29 is 23.4 Å². The summed E-state index contributed by atoms with van der Waals surface area (Å²) in [5, 5.41) is 18.8. The van der Waals surface area contributed by atoms with E-state index in [9.17, 15) is 18.7 Å². The number of nitrogens with zero attached hydrogens (tertiary/aromatic N) is 2. The van der Waals surface area contributed by atoms with Crippen LogP contribution in [0.15, 0.2) is 54.6 Å². The summed E-state index contributed by atoms with van der Waals surface area (Å²) in [6.45, 7) is 2.14. The van der Waals surface area contributed by atoms with Gasteiger partial charge in [-0.1, -0.05) is 24.3 Å². The van der Waals surface area contributed by atoms with Crippen LogP contribution in [0.2, 0.25) is 0 Å². The average molecular weight is 475 g/mol. The van der Waals surface area contributed by atoms with Gasteiger partial charge in [-0.05, 0) is 50.1 Å². The molecule has 1 saturated carbocycles. The maximum atomic E-state index is 14.7. The van der Waals surface area contributed by atoms with Gasteiger partial charge >= 0.3 is 0 Å². The normalized spacial score (nSPS) is 18.1. The van der Waals surface area contributed by atoms with Crippen molar-refractivity contribution in [3.05, 3.63) is 88.7 Å². The summed E-state index contributed by atoms with van der Waals surface area (Å²) in [4.78, 5) is 13.5. The van der Waals surface area contributed by atoms with Crippen molar-refractivity contribution in [3.8, 4) is 16.9 Å². The quantitative estimate of drug-likeness (QED) is 0.444. The predicted octanol–water partition coefficient (Wildman–Crippen LogP) is 4.82. The third-order valence-electron chi connectivity index (χ3n) is 6.86. The molecule has 2 N–H and O–H groups in total. The number of aryl methyl sites for hydroxylation is 1. The predicted molar refractivity (Wildman–Crippen MR) is 125 cm³/mol. The molecule has 0 saturated heterocycles. The number of aliphatic hydroxyl groups is 1. The Bertz CT molecular complexity index is 1470. The molecule has 0 unspecified atom stereocenters. The Balaban J connectivity index is 1.47. The van der Waals surface area contributed by atoms with Crippen LogP contribution in [-0.2, 0) is 5.60 Å². The number of hydrogen-bond donors (Lipinski definition) is 2. The fourth-order valence-corrected chi connectivity index (χ4v) is 4.98. The first-order chi connectivity index (χ1) is 16.9. The van der Waals surface area contributed by atoms with Gasteiger partial charge in [0.1, 0.15) is 23.0 Å². The number of benzene rings is 2. The Labute approximate surface area is 200 Å². The molecule has 4 aromatic rings. The number of amides is 1. The van der Waals surface area contributed by atoms with Crippen LogP contribution in [-0.4, -0.2) is 27.2 Å². The summed E-state index contributed by atoms with van der Waals surface area (Å²) >= 11 is 0. The molecule has 1 aliphatic heterocycles. The molecule has 0 spiro atoms. The van der Waals surface area contributed by atoms with Gasteiger partial charge in [-0.15, -0.1) is 0 Å². The van der Waals surface area contributed by atoms with Crippen LogP contribution < -0.4 is 10.1 Å². The number of hydrogen-bond acceptors (Lipinski definition) is 4. The second kappa shape index (κ2) is 7.88. The second-order valence-electron chi connectivity index (χ2n) is 9.18. The molecule has 0 radical (unpaired) electrons. The Morgan fingerprint density at radius 1 is 1.09 bits per heavy atom. The number of aromatic nitrogens is 2. The van der Waals surface area contributed by atoms with Gasteiger partial charge in [-0.3, -0.25) is 4.79 Å². The maximum Gasteiger partial charge on any atom is 0.253 e. The zero-order valence-corrected chi connectivity index (χ0v) is 19.0. The van der Waals surface area contributed by atoms with Crippen molar-refractivity contribution in [2.75, 3.05) is 6.61 Å². The number of para-hydroxylation sites is 1. The van der Waals surface area contributed by atoms with Crippen molar-refractivity contribution in [1.29, 1.82) is 0 Å². The summed E-state index contributed by atoms with van der Waals surface area (Å²) in [7, 11) is 0. The molecule has 3 heterocycles. The molecule has 0 bridgehead atoms. The molecule has 6 nitrogen and oxygen atoms in total. The van der Waals surface area contributed by atoms with Crippen molar-refractivity contribution in [2.24, 2.45) is 0 Å². The lowest BCUT2D eigenvalue weighted by atomic mass is 9.98. The molecule has 1 atom stereocenters. The molecule has 178 valence electrons. The van der Waals surface area contributed by atoms with Gasteiger partial charge in [-0.25, -0.2) is 13.3 Å². The monoisotopic (exact) mass is 475 g/mol. The van der Waals surface area contributed by atoms with Gasteiger partial charge in [0, 0.05) is 17.5 Å². The van der Waals surface area contributed by atoms with E-state index in [4.69, 9.17) is 4.74 Å². The Kier molecular flexibility index (Phi) is 4.89. The molecule has 1 aliphatic carbocycles. The largest absolute Gasteiger partial charge is 0.493 e. The molecule has 2 aliphatic rings. The van der Waals surface area contributed by atoms with E-state index in [-0.39, 0.29) is 23.1 Å². The highest BCUT2D eigenvalue weighted by molar-refractivity contribution is 5.97. The van der Waals surface area contributed by atoms with E-state index in [1.807, 2.05) is 24.3 Å². The molecule has 6 rings (SSSR count). The van der Waals surface area contributed by atoms with Crippen LogP contribution in [0, 0.1) is 18.6 Å². The molecule has 2 aromatic carbocycles. The van der Waals surface area contributed by atoms with E-state index in [0.717, 1.165) is 11.3 Å². The minimum atomic E-state index is -1.23. The SMILES string of the molecule is Cc1nn2c(C3(O)CC3)c(C(=O)N[C@H]3CCOc4ccccc43)ccc2c1-c1c(F)cccc1F. The summed E-state index contributed by atoms with van der Waals surface area (Å²) in [6.07, 6.45) is 1.55. The fourth-order valence-electron chi connectivity index (χ4n) is 4.98. The van der Waals surface area contributed by atoms with Crippen LogP contribution in [0.25, 0.3) is 16.6 Å². The number of pyridine rings is 1. The van der Waals surface area contributed by atoms with Crippen molar-refractivity contribution in [1.82, 2.24) is 14.9 Å². The van der Waals surface area contributed by atoms with Crippen molar-refractivity contribution in [2.45, 2.75) is 37.8 Å². The van der Waals surface area contributed by atoms with E-state index in [1.54, 1.807) is 19.1 Å². The highest BCUT2D eigenvalue weighted by atomic mass is 19.1. The first kappa shape index (κ1) is 21.7. The summed E-state index contributed by atoms with van der Waals surface area (Å²) in [6, 6.07) is 14.3. The number of ether oxygens (including phenoxy) is 1. The van der Waals surface area contributed by atoms with Gasteiger partial charge in [0.05, 0.1) is 40.7 Å². The minimum absolute atomic E-state index is 0.176. The van der Waals surface area contributed by atoms with Gasteiger partial charge in [0.15, 0.2) is 0 Å². The number of rotatable bonds is 4. The van der Waals surface area contributed by atoms with Crippen LogP contribution in [0.3, 0.4) is 0 Å². The first-order valence-electron chi connectivity index (χ1n) is 11.6. The molecule has 1 fully saturated rings. The standard InChI is InChI=1S/C27H23F2N3O3/c1-15-23(24-18(28)6-4-7-19(24)29)21-10-9-17(25(32(21)31-15)27(34)12-13-27)26(33)30-20-11-14-35-22-8-3-2-5-16(20)22/h2-10,20,34H,11-14H2,1H3,(H,30,33)/t20-/m0/s1. The van der Waals surface area contributed by atoms with Crippen LogP contribution in [0.4, 0.5) is 8.78 Å². The summed E-state index contributed by atoms with van der Waals surface area (Å²) < 4.78 is 36.5.